The molecule has 2 aromatic carbocycles. The van der Waals surface area contributed by atoms with Crippen molar-refractivity contribution in [2.24, 2.45) is 0 Å². The topological polar surface area (TPSA) is 42.4 Å². The van der Waals surface area contributed by atoms with Crippen molar-refractivity contribution >= 4 is 10.9 Å². The van der Waals surface area contributed by atoms with Crippen LogP contribution in [0.15, 0.2) is 48.5 Å². The number of hydrogen-bond donors (Lipinski definition) is 1. The molecule has 1 aromatic heterocycles. The Hall–Kier alpha value is -2.62. The van der Waals surface area contributed by atoms with Gasteiger partial charge in [0.25, 0.3) is 5.88 Å². The number of pyridine rings is 1. The first-order chi connectivity index (χ1) is 9.70. The molecule has 1 heterocycles. The summed E-state index contributed by atoms with van der Waals surface area (Å²) >= 11 is 0. The number of benzene rings is 2. The quantitative estimate of drug-likeness (QED) is 0.770. The Morgan fingerprint density at radius 2 is 1.75 bits per heavy atom. The second kappa shape index (κ2) is 4.81. The minimum atomic E-state index is -0.310. The van der Waals surface area contributed by atoms with Gasteiger partial charge in [-0.15, -0.1) is 0 Å². The van der Waals surface area contributed by atoms with Crippen LogP contribution in [0.2, 0.25) is 0 Å². The van der Waals surface area contributed by atoms with Gasteiger partial charge in [0, 0.05) is 10.9 Å². The van der Waals surface area contributed by atoms with Gasteiger partial charge in [-0.1, -0.05) is 30.3 Å². The summed E-state index contributed by atoms with van der Waals surface area (Å²) in [6, 6.07) is 13.5. The molecule has 0 fully saturated rings. The SMILES string of the molecule is COc1c(O)nc2ccccc2c1-c1ccc(F)cc1. The van der Waals surface area contributed by atoms with E-state index in [2.05, 4.69) is 4.98 Å². The summed E-state index contributed by atoms with van der Waals surface area (Å²) in [5, 5.41) is 10.8. The number of nitrogens with zero attached hydrogens (tertiary/aromatic N) is 1. The van der Waals surface area contributed by atoms with E-state index in [4.69, 9.17) is 4.74 Å². The van der Waals surface area contributed by atoms with Crippen LogP contribution < -0.4 is 4.74 Å². The molecule has 4 heteroatoms. The van der Waals surface area contributed by atoms with Gasteiger partial charge in [0.1, 0.15) is 5.82 Å². The number of halogens is 1. The molecule has 100 valence electrons. The van der Waals surface area contributed by atoms with E-state index in [1.54, 1.807) is 12.1 Å². The Balaban J connectivity index is 2.39. The zero-order chi connectivity index (χ0) is 14.1. The van der Waals surface area contributed by atoms with Crippen LogP contribution in [0, 0.1) is 5.82 Å². The van der Waals surface area contributed by atoms with Gasteiger partial charge in [-0.3, -0.25) is 0 Å². The standard InChI is InChI=1S/C16H12FNO2/c1-20-15-14(10-6-8-11(17)9-7-10)12-4-2-3-5-13(12)18-16(15)19/h2-9H,1H3,(H,18,19). The van der Waals surface area contributed by atoms with Gasteiger partial charge in [-0.25, -0.2) is 9.37 Å². The highest BCUT2D eigenvalue weighted by atomic mass is 19.1. The third kappa shape index (κ3) is 1.95. The van der Waals surface area contributed by atoms with Crippen molar-refractivity contribution in [1.29, 1.82) is 0 Å². The number of rotatable bonds is 2. The first kappa shape index (κ1) is 12.4. The fourth-order valence-electron chi connectivity index (χ4n) is 2.28. The van der Waals surface area contributed by atoms with Crippen molar-refractivity contribution < 1.29 is 14.2 Å². The summed E-state index contributed by atoms with van der Waals surface area (Å²) in [5.74, 6) is -0.198. The fraction of sp³-hybridized carbons (Fsp3) is 0.0625. The minimum absolute atomic E-state index is 0.175. The van der Waals surface area contributed by atoms with Crippen LogP contribution in [0.5, 0.6) is 11.6 Å². The second-order valence-electron chi connectivity index (χ2n) is 4.37. The van der Waals surface area contributed by atoms with Gasteiger partial charge in [0.2, 0.25) is 0 Å². The van der Waals surface area contributed by atoms with Crippen LogP contribution in [0.3, 0.4) is 0 Å². The fourth-order valence-corrected chi connectivity index (χ4v) is 2.28. The lowest BCUT2D eigenvalue weighted by Crippen LogP contribution is -1.93. The number of ether oxygens (including phenoxy) is 1. The Morgan fingerprint density at radius 3 is 2.45 bits per heavy atom. The van der Waals surface area contributed by atoms with Crippen molar-refractivity contribution in [1.82, 2.24) is 4.98 Å². The van der Waals surface area contributed by atoms with Crippen LogP contribution >= 0.6 is 0 Å². The Labute approximate surface area is 115 Å². The molecule has 20 heavy (non-hydrogen) atoms. The molecule has 0 atom stereocenters. The van der Waals surface area contributed by atoms with E-state index in [1.807, 2.05) is 24.3 Å². The molecule has 0 spiro atoms. The lowest BCUT2D eigenvalue weighted by atomic mass is 10.00. The van der Waals surface area contributed by atoms with Gasteiger partial charge in [-0.2, -0.15) is 0 Å². The van der Waals surface area contributed by atoms with E-state index < -0.39 is 0 Å². The van der Waals surface area contributed by atoms with Crippen LogP contribution in [-0.4, -0.2) is 17.2 Å². The number of fused-ring (bicyclic) bond motifs is 1. The molecule has 3 aromatic rings. The van der Waals surface area contributed by atoms with E-state index in [-0.39, 0.29) is 17.4 Å². The van der Waals surface area contributed by atoms with Crippen molar-refractivity contribution in [3.8, 4) is 22.8 Å². The number of aromatic nitrogens is 1. The highest BCUT2D eigenvalue weighted by Gasteiger charge is 2.16. The molecule has 0 aliphatic carbocycles. The molecule has 0 amide bonds. The number of hydrogen-bond acceptors (Lipinski definition) is 3. The lowest BCUT2D eigenvalue weighted by molar-refractivity contribution is 0.366. The monoisotopic (exact) mass is 269 g/mol. The molecule has 0 bridgehead atoms. The van der Waals surface area contributed by atoms with Crippen LogP contribution in [-0.2, 0) is 0 Å². The van der Waals surface area contributed by atoms with Gasteiger partial charge in [-0.05, 0) is 23.8 Å². The number of para-hydroxylation sites is 1. The molecular weight excluding hydrogens is 257 g/mol. The van der Waals surface area contributed by atoms with Gasteiger partial charge < -0.3 is 9.84 Å². The average molecular weight is 269 g/mol. The second-order valence-corrected chi connectivity index (χ2v) is 4.37. The summed E-state index contributed by atoms with van der Waals surface area (Å²) in [4.78, 5) is 4.11. The van der Waals surface area contributed by atoms with E-state index >= 15 is 0 Å². The van der Waals surface area contributed by atoms with Crippen molar-refractivity contribution in [2.75, 3.05) is 7.11 Å². The zero-order valence-electron chi connectivity index (χ0n) is 10.8. The maximum Gasteiger partial charge on any atom is 0.255 e. The minimum Gasteiger partial charge on any atom is -0.491 e. The molecular formula is C16H12FNO2. The van der Waals surface area contributed by atoms with Gasteiger partial charge >= 0.3 is 0 Å². The van der Waals surface area contributed by atoms with Crippen molar-refractivity contribution in [2.45, 2.75) is 0 Å². The Kier molecular flexibility index (Phi) is 2.99. The summed E-state index contributed by atoms with van der Waals surface area (Å²) in [5.41, 5.74) is 2.12. The lowest BCUT2D eigenvalue weighted by Gasteiger charge is -2.13. The molecule has 0 unspecified atom stereocenters. The number of aromatic hydroxyl groups is 1. The predicted molar refractivity (Wildman–Crippen MR) is 75.4 cm³/mol. The normalized spacial score (nSPS) is 10.7. The van der Waals surface area contributed by atoms with E-state index in [9.17, 15) is 9.50 Å². The highest BCUT2D eigenvalue weighted by molar-refractivity contribution is 5.98. The smallest absolute Gasteiger partial charge is 0.255 e. The first-order valence-corrected chi connectivity index (χ1v) is 6.12. The third-order valence-corrected chi connectivity index (χ3v) is 3.17. The predicted octanol–water partition coefficient (Wildman–Crippen LogP) is 3.76. The summed E-state index contributed by atoms with van der Waals surface area (Å²) < 4.78 is 18.3. The van der Waals surface area contributed by atoms with Crippen molar-refractivity contribution in [3.63, 3.8) is 0 Å². The molecule has 0 radical (unpaired) electrons. The maximum atomic E-state index is 13.1. The molecule has 0 aliphatic rings. The molecule has 0 saturated carbocycles. The Bertz CT molecular complexity index is 769. The summed E-state index contributed by atoms with van der Waals surface area (Å²) in [7, 11) is 1.47. The van der Waals surface area contributed by atoms with E-state index in [1.165, 1.54) is 19.2 Å². The molecule has 3 rings (SSSR count). The van der Waals surface area contributed by atoms with Crippen LogP contribution in [0.1, 0.15) is 0 Å². The molecule has 3 nitrogen and oxygen atoms in total. The highest BCUT2D eigenvalue weighted by Crippen LogP contribution is 2.41. The van der Waals surface area contributed by atoms with Crippen molar-refractivity contribution in [3.05, 3.63) is 54.3 Å². The maximum absolute atomic E-state index is 13.1. The van der Waals surface area contributed by atoms with Gasteiger partial charge in [0.15, 0.2) is 5.75 Å². The number of methoxy groups -OCH3 is 1. The first-order valence-electron chi connectivity index (χ1n) is 6.12. The molecule has 1 N–H and O–H groups in total. The van der Waals surface area contributed by atoms with Crippen LogP contribution in [0.4, 0.5) is 4.39 Å². The van der Waals surface area contributed by atoms with Gasteiger partial charge in [0.05, 0.1) is 12.6 Å². The van der Waals surface area contributed by atoms with E-state index in [0.29, 0.717) is 11.1 Å². The molecule has 0 aliphatic heterocycles. The van der Waals surface area contributed by atoms with Crippen LogP contribution in [0.25, 0.3) is 22.0 Å². The Morgan fingerprint density at radius 1 is 1.05 bits per heavy atom. The third-order valence-electron chi connectivity index (χ3n) is 3.17. The molecule has 0 saturated heterocycles. The van der Waals surface area contributed by atoms with E-state index in [0.717, 1.165) is 10.9 Å². The average Bonchev–Trinajstić information content (AvgIpc) is 2.47. The summed E-state index contributed by atoms with van der Waals surface area (Å²) in [6.07, 6.45) is 0. The summed E-state index contributed by atoms with van der Waals surface area (Å²) in [6.45, 7) is 0. The largest absolute Gasteiger partial charge is 0.491 e. The zero-order valence-corrected chi connectivity index (χ0v) is 10.8.